The van der Waals surface area contributed by atoms with Gasteiger partial charge in [0.2, 0.25) is 0 Å². The van der Waals surface area contributed by atoms with E-state index in [0.29, 0.717) is 12.3 Å². The summed E-state index contributed by atoms with van der Waals surface area (Å²) in [6.45, 7) is 0.485. The van der Waals surface area contributed by atoms with Crippen molar-refractivity contribution in [3.8, 4) is 11.5 Å². The minimum atomic E-state index is -0.596. The Morgan fingerprint density at radius 3 is 3.00 bits per heavy atom. The number of likely N-dealkylation sites (N-methyl/N-ethyl adjacent to an activating group) is 1. The predicted octanol–water partition coefficient (Wildman–Crippen LogP) is 1.83. The molecular formula is C14H21NO3S. The largest absolute Gasteiger partial charge is 0.492 e. The molecular weight excluding hydrogens is 262 g/mol. The van der Waals surface area contributed by atoms with Gasteiger partial charge < -0.3 is 19.9 Å². The zero-order valence-corrected chi connectivity index (χ0v) is 12.2. The highest BCUT2D eigenvalue weighted by Crippen LogP contribution is 2.36. The van der Waals surface area contributed by atoms with Gasteiger partial charge in [-0.15, -0.1) is 0 Å². The standard InChI is InChI=1S/C14H21NO3S/c1-15-8-12(16)11-4-3-5-13(14(11)17-2)18-10-6-7-19-9-10/h3-5,10,12,15-16H,6-9H2,1-2H3. The molecule has 5 heteroatoms. The maximum Gasteiger partial charge on any atom is 0.166 e. The van der Waals surface area contributed by atoms with Crippen LogP contribution in [0.5, 0.6) is 11.5 Å². The summed E-state index contributed by atoms with van der Waals surface area (Å²) in [5.41, 5.74) is 0.764. The monoisotopic (exact) mass is 283 g/mol. The smallest absolute Gasteiger partial charge is 0.166 e. The molecule has 1 aliphatic heterocycles. The van der Waals surface area contributed by atoms with E-state index in [0.717, 1.165) is 29.2 Å². The zero-order valence-electron chi connectivity index (χ0n) is 11.4. The first-order valence-corrected chi connectivity index (χ1v) is 7.65. The van der Waals surface area contributed by atoms with Crippen LogP contribution in [0, 0.1) is 0 Å². The Bertz CT molecular complexity index is 408. The van der Waals surface area contributed by atoms with E-state index in [1.165, 1.54) is 0 Å². The van der Waals surface area contributed by atoms with E-state index in [2.05, 4.69) is 5.32 Å². The summed E-state index contributed by atoms with van der Waals surface area (Å²) in [5, 5.41) is 13.1. The number of methoxy groups -OCH3 is 1. The van der Waals surface area contributed by atoms with Crippen molar-refractivity contribution in [2.24, 2.45) is 0 Å². The van der Waals surface area contributed by atoms with E-state index in [9.17, 15) is 5.11 Å². The third-order valence-electron chi connectivity index (χ3n) is 3.15. The molecule has 4 nitrogen and oxygen atoms in total. The molecule has 1 heterocycles. The molecule has 2 unspecified atom stereocenters. The first-order chi connectivity index (χ1) is 9.26. The average Bonchev–Trinajstić information content (AvgIpc) is 2.91. The summed E-state index contributed by atoms with van der Waals surface area (Å²) in [5.74, 6) is 3.53. The SMILES string of the molecule is CNCC(O)c1cccc(OC2CCSC2)c1OC. The van der Waals surface area contributed by atoms with Gasteiger partial charge in [0.15, 0.2) is 11.5 Å². The van der Waals surface area contributed by atoms with Gasteiger partial charge in [-0.25, -0.2) is 0 Å². The van der Waals surface area contributed by atoms with Crippen molar-refractivity contribution in [3.63, 3.8) is 0 Å². The Balaban J connectivity index is 2.20. The number of hydrogen-bond donors (Lipinski definition) is 2. The third kappa shape index (κ3) is 3.55. The normalized spacial score (nSPS) is 20.3. The second kappa shape index (κ2) is 7.03. The van der Waals surface area contributed by atoms with Crippen molar-refractivity contribution in [3.05, 3.63) is 23.8 Å². The minimum absolute atomic E-state index is 0.246. The molecule has 2 atom stereocenters. The fourth-order valence-electron chi connectivity index (χ4n) is 2.20. The topological polar surface area (TPSA) is 50.7 Å². The van der Waals surface area contributed by atoms with E-state index < -0.39 is 6.10 Å². The van der Waals surface area contributed by atoms with Crippen molar-refractivity contribution in [1.82, 2.24) is 5.32 Å². The second-order valence-electron chi connectivity index (χ2n) is 4.56. The van der Waals surface area contributed by atoms with E-state index >= 15 is 0 Å². The van der Waals surface area contributed by atoms with Gasteiger partial charge in [0.1, 0.15) is 6.10 Å². The summed E-state index contributed by atoms with van der Waals surface area (Å²) < 4.78 is 11.4. The molecule has 1 saturated heterocycles. The van der Waals surface area contributed by atoms with Gasteiger partial charge in [0, 0.05) is 17.9 Å². The van der Waals surface area contributed by atoms with Crippen LogP contribution < -0.4 is 14.8 Å². The molecule has 2 rings (SSSR count). The van der Waals surface area contributed by atoms with E-state index in [-0.39, 0.29) is 6.10 Å². The number of aliphatic hydroxyl groups excluding tert-OH is 1. The van der Waals surface area contributed by atoms with Crippen LogP contribution in [0.3, 0.4) is 0 Å². The van der Waals surface area contributed by atoms with Gasteiger partial charge in [-0.2, -0.15) is 11.8 Å². The molecule has 1 aliphatic rings. The number of aliphatic hydroxyl groups is 1. The fourth-order valence-corrected chi connectivity index (χ4v) is 3.29. The Kier molecular flexibility index (Phi) is 5.36. The van der Waals surface area contributed by atoms with Gasteiger partial charge in [-0.05, 0) is 25.3 Å². The predicted molar refractivity (Wildman–Crippen MR) is 78.2 cm³/mol. The fraction of sp³-hybridized carbons (Fsp3) is 0.571. The van der Waals surface area contributed by atoms with Crippen molar-refractivity contribution in [2.45, 2.75) is 18.6 Å². The van der Waals surface area contributed by atoms with Crippen LogP contribution in [0.2, 0.25) is 0 Å². The molecule has 0 amide bonds. The van der Waals surface area contributed by atoms with E-state index in [1.54, 1.807) is 7.11 Å². The Hall–Kier alpha value is -0.910. The van der Waals surface area contributed by atoms with Gasteiger partial charge in [0.25, 0.3) is 0 Å². The highest BCUT2D eigenvalue weighted by Gasteiger charge is 2.21. The van der Waals surface area contributed by atoms with Crippen molar-refractivity contribution in [1.29, 1.82) is 0 Å². The minimum Gasteiger partial charge on any atom is -0.492 e. The van der Waals surface area contributed by atoms with Crippen LogP contribution in [-0.2, 0) is 0 Å². The first kappa shape index (κ1) is 14.5. The van der Waals surface area contributed by atoms with Gasteiger partial charge in [-0.3, -0.25) is 0 Å². The van der Waals surface area contributed by atoms with E-state index in [1.807, 2.05) is 37.0 Å². The highest BCUT2D eigenvalue weighted by molar-refractivity contribution is 7.99. The summed E-state index contributed by atoms with van der Waals surface area (Å²) in [6.07, 6.45) is 0.717. The molecule has 0 aliphatic carbocycles. The Morgan fingerprint density at radius 2 is 2.37 bits per heavy atom. The van der Waals surface area contributed by atoms with E-state index in [4.69, 9.17) is 9.47 Å². The van der Waals surface area contributed by atoms with Crippen LogP contribution in [-0.4, -0.2) is 43.4 Å². The van der Waals surface area contributed by atoms with Gasteiger partial charge in [-0.1, -0.05) is 12.1 Å². The lowest BCUT2D eigenvalue weighted by molar-refractivity contribution is 0.169. The molecule has 0 spiro atoms. The maximum absolute atomic E-state index is 10.1. The molecule has 0 aromatic heterocycles. The average molecular weight is 283 g/mol. The first-order valence-electron chi connectivity index (χ1n) is 6.50. The number of rotatable bonds is 6. The van der Waals surface area contributed by atoms with Crippen LogP contribution >= 0.6 is 11.8 Å². The van der Waals surface area contributed by atoms with Gasteiger partial charge in [0.05, 0.1) is 13.2 Å². The molecule has 2 N–H and O–H groups in total. The lowest BCUT2D eigenvalue weighted by atomic mass is 10.1. The van der Waals surface area contributed by atoms with Crippen molar-refractivity contribution >= 4 is 11.8 Å². The molecule has 1 fully saturated rings. The molecule has 1 aromatic carbocycles. The molecule has 1 aromatic rings. The van der Waals surface area contributed by atoms with Crippen LogP contribution in [0.4, 0.5) is 0 Å². The number of para-hydroxylation sites is 1. The lowest BCUT2D eigenvalue weighted by Gasteiger charge is -2.20. The van der Waals surface area contributed by atoms with Crippen molar-refractivity contribution < 1.29 is 14.6 Å². The lowest BCUT2D eigenvalue weighted by Crippen LogP contribution is -2.19. The summed E-state index contributed by atoms with van der Waals surface area (Å²) >= 11 is 1.91. The summed E-state index contributed by atoms with van der Waals surface area (Å²) in [4.78, 5) is 0. The number of ether oxygens (including phenoxy) is 2. The number of hydrogen-bond acceptors (Lipinski definition) is 5. The second-order valence-corrected chi connectivity index (χ2v) is 5.71. The number of thioether (sulfide) groups is 1. The Morgan fingerprint density at radius 1 is 1.53 bits per heavy atom. The summed E-state index contributed by atoms with van der Waals surface area (Å²) in [6, 6.07) is 5.67. The van der Waals surface area contributed by atoms with Crippen LogP contribution in [0.25, 0.3) is 0 Å². The van der Waals surface area contributed by atoms with Crippen molar-refractivity contribution in [2.75, 3.05) is 32.2 Å². The molecule has 0 radical (unpaired) electrons. The third-order valence-corrected chi connectivity index (χ3v) is 4.28. The quantitative estimate of drug-likeness (QED) is 0.834. The Labute approximate surface area is 118 Å². The zero-order chi connectivity index (χ0) is 13.7. The van der Waals surface area contributed by atoms with Crippen LogP contribution in [0.1, 0.15) is 18.1 Å². The molecule has 19 heavy (non-hydrogen) atoms. The van der Waals surface area contributed by atoms with Crippen LogP contribution in [0.15, 0.2) is 18.2 Å². The number of nitrogens with one attached hydrogen (secondary N) is 1. The molecule has 0 bridgehead atoms. The highest BCUT2D eigenvalue weighted by atomic mass is 32.2. The maximum atomic E-state index is 10.1. The number of benzene rings is 1. The summed E-state index contributed by atoms with van der Waals surface area (Å²) in [7, 11) is 3.42. The molecule has 0 saturated carbocycles. The van der Waals surface area contributed by atoms with Gasteiger partial charge >= 0.3 is 0 Å². The molecule has 106 valence electrons.